The summed E-state index contributed by atoms with van der Waals surface area (Å²) in [5.41, 5.74) is 2.49. The van der Waals surface area contributed by atoms with Gasteiger partial charge in [-0.2, -0.15) is 4.98 Å². The summed E-state index contributed by atoms with van der Waals surface area (Å²) in [4.78, 5) is 43.2. The third-order valence-electron chi connectivity index (χ3n) is 5.82. The van der Waals surface area contributed by atoms with Gasteiger partial charge in [-0.1, -0.05) is 0 Å². The topological polar surface area (TPSA) is 134 Å². The van der Waals surface area contributed by atoms with E-state index in [9.17, 15) is 9.59 Å². The summed E-state index contributed by atoms with van der Waals surface area (Å²) in [6.07, 6.45) is 2.94. The number of ether oxygens (including phenoxy) is 2. The molecular weight excluding hydrogens is 462 g/mol. The van der Waals surface area contributed by atoms with Crippen molar-refractivity contribution in [2.45, 2.75) is 39.2 Å². The van der Waals surface area contributed by atoms with Crippen molar-refractivity contribution in [2.24, 2.45) is 5.92 Å². The number of carbonyl (C=O) groups is 2. The zero-order chi connectivity index (χ0) is 25.7. The van der Waals surface area contributed by atoms with Gasteiger partial charge in [-0.05, 0) is 63.8 Å². The monoisotopic (exact) mass is 495 g/mol. The Balaban J connectivity index is 1.39. The van der Waals surface area contributed by atoms with E-state index in [-0.39, 0.29) is 18.4 Å². The third-order valence-corrected chi connectivity index (χ3v) is 5.82. The SMILES string of the molecule is COc1ccc(-c2nc(N3CCCC(CNC(=O)CNC(=O)OC(C)(C)C)C3)nc3nc[nH]c23)cc1. The molecule has 2 aromatic heterocycles. The largest absolute Gasteiger partial charge is 0.497 e. The van der Waals surface area contributed by atoms with E-state index in [1.807, 2.05) is 24.3 Å². The predicted octanol–water partition coefficient (Wildman–Crippen LogP) is 2.89. The molecule has 1 aliphatic heterocycles. The van der Waals surface area contributed by atoms with Crippen molar-refractivity contribution in [1.29, 1.82) is 0 Å². The Morgan fingerprint density at radius 3 is 2.67 bits per heavy atom. The number of fused-ring (bicyclic) bond motifs is 1. The Morgan fingerprint density at radius 2 is 1.94 bits per heavy atom. The first-order chi connectivity index (χ1) is 17.2. The lowest BCUT2D eigenvalue weighted by Crippen LogP contribution is -2.44. The summed E-state index contributed by atoms with van der Waals surface area (Å²) in [6, 6.07) is 7.73. The van der Waals surface area contributed by atoms with Gasteiger partial charge < -0.3 is 30.0 Å². The molecule has 11 heteroatoms. The van der Waals surface area contributed by atoms with Gasteiger partial charge in [0.2, 0.25) is 11.9 Å². The number of aromatic nitrogens is 4. The first-order valence-corrected chi connectivity index (χ1v) is 12.1. The van der Waals surface area contributed by atoms with Gasteiger partial charge in [0.05, 0.1) is 20.0 Å². The Labute approximate surface area is 210 Å². The smallest absolute Gasteiger partial charge is 0.408 e. The van der Waals surface area contributed by atoms with E-state index in [1.165, 1.54) is 0 Å². The van der Waals surface area contributed by atoms with Gasteiger partial charge >= 0.3 is 6.09 Å². The number of H-pyrrole nitrogens is 1. The molecule has 0 bridgehead atoms. The maximum atomic E-state index is 12.2. The van der Waals surface area contributed by atoms with Crippen LogP contribution < -0.4 is 20.3 Å². The second-order valence-electron chi connectivity index (χ2n) is 9.82. The maximum absolute atomic E-state index is 12.2. The average Bonchev–Trinajstić information content (AvgIpc) is 3.34. The van der Waals surface area contributed by atoms with E-state index in [0.29, 0.717) is 24.7 Å². The summed E-state index contributed by atoms with van der Waals surface area (Å²) < 4.78 is 10.4. The van der Waals surface area contributed by atoms with Gasteiger partial charge in [-0.15, -0.1) is 0 Å². The number of alkyl carbamates (subject to hydrolysis) is 1. The number of nitrogens with one attached hydrogen (secondary N) is 3. The second kappa shape index (κ2) is 10.8. The zero-order valence-corrected chi connectivity index (χ0v) is 21.1. The van der Waals surface area contributed by atoms with Crippen LogP contribution in [-0.4, -0.2) is 70.8 Å². The van der Waals surface area contributed by atoms with Crippen molar-refractivity contribution in [1.82, 2.24) is 30.6 Å². The van der Waals surface area contributed by atoms with Crippen LogP contribution in [0, 0.1) is 5.92 Å². The normalized spacial score (nSPS) is 16.0. The summed E-state index contributed by atoms with van der Waals surface area (Å²) in [6.45, 7) is 7.22. The highest BCUT2D eigenvalue weighted by molar-refractivity contribution is 5.88. The van der Waals surface area contributed by atoms with Crippen LogP contribution in [0.1, 0.15) is 33.6 Å². The molecular formula is C25H33N7O4. The number of aromatic amines is 1. The fraction of sp³-hybridized carbons (Fsp3) is 0.480. The number of rotatable bonds is 7. The van der Waals surface area contributed by atoms with Crippen LogP contribution in [0.4, 0.5) is 10.7 Å². The number of nitrogens with zero attached hydrogens (tertiary/aromatic N) is 4. The van der Waals surface area contributed by atoms with E-state index < -0.39 is 11.7 Å². The van der Waals surface area contributed by atoms with E-state index in [4.69, 9.17) is 14.5 Å². The molecule has 1 unspecified atom stereocenters. The third kappa shape index (κ3) is 6.41. The molecule has 4 rings (SSSR count). The molecule has 0 saturated carbocycles. The highest BCUT2D eigenvalue weighted by Crippen LogP contribution is 2.29. The molecule has 3 N–H and O–H groups in total. The predicted molar refractivity (Wildman–Crippen MR) is 136 cm³/mol. The molecule has 1 saturated heterocycles. The molecule has 11 nitrogen and oxygen atoms in total. The zero-order valence-electron chi connectivity index (χ0n) is 21.1. The molecule has 36 heavy (non-hydrogen) atoms. The molecule has 0 aliphatic carbocycles. The summed E-state index contributed by atoms with van der Waals surface area (Å²) in [5, 5.41) is 5.39. The van der Waals surface area contributed by atoms with Crippen molar-refractivity contribution < 1.29 is 19.1 Å². The molecule has 3 aromatic rings. The lowest BCUT2D eigenvalue weighted by atomic mass is 9.98. The summed E-state index contributed by atoms with van der Waals surface area (Å²) >= 11 is 0. The molecule has 3 heterocycles. The van der Waals surface area contributed by atoms with Crippen LogP contribution in [0.2, 0.25) is 0 Å². The molecule has 1 atom stereocenters. The Hall–Kier alpha value is -3.89. The first kappa shape index (κ1) is 25.2. The quantitative estimate of drug-likeness (QED) is 0.456. The van der Waals surface area contributed by atoms with Crippen molar-refractivity contribution in [2.75, 3.05) is 38.2 Å². The van der Waals surface area contributed by atoms with Crippen LogP contribution in [-0.2, 0) is 9.53 Å². The number of methoxy groups -OCH3 is 1. The second-order valence-corrected chi connectivity index (χ2v) is 9.82. The highest BCUT2D eigenvalue weighted by Gasteiger charge is 2.24. The molecule has 1 aromatic carbocycles. The van der Waals surface area contributed by atoms with Gasteiger partial charge in [0.25, 0.3) is 0 Å². The van der Waals surface area contributed by atoms with E-state index in [1.54, 1.807) is 34.2 Å². The lowest BCUT2D eigenvalue weighted by molar-refractivity contribution is -0.120. The number of hydrogen-bond donors (Lipinski definition) is 3. The molecule has 0 spiro atoms. The first-order valence-electron chi connectivity index (χ1n) is 12.1. The van der Waals surface area contributed by atoms with Gasteiger partial charge in [-0.3, -0.25) is 4.79 Å². The molecule has 0 radical (unpaired) electrons. The molecule has 1 fully saturated rings. The lowest BCUT2D eigenvalue weighted by Gasteiger charge is -2.33. The summed E-state index contributed by atoms with van der Waals surface area (Å²) in [7, 11) is 1.64. The van der Waals surface area contributed by atoms with Crippen LogP contribution >= 0.6 is 0 Å². The Kier molecular flexibility index (Phi) is 7.56. The Bertz CT molecular complexity index is 1200. The number of hydrogen-bond acceptors (Lipinski definition) is 8. The number of anilines is 1. The molecule has 2 amide bonds. The van der Waals surface area contributed by atoms with Gasteiger partial charge in [0.15, 0.2) is 5.65 Å². The minimum Gasteiger partial charge on any atom is -0.497 e. The van der Waals surface area contributed by atoms with Crippen LogP contribution in [0.3, 0.4) is 0 Å². The fourth-order valence-corrected chi connectivity index (χ4v) is 4.12. The van der Waals surface area contributed by atoms with E-state index in [0.717, 1.165) is 41.9 Å². The van der Waals surface area contributed by atoms with Crippen LogP contribution in [0.5, 0.6) is 5.75 Å². The minimum absolute atomic E-state index is 0.129. The number of benzene rings is 1. The standard InChI is InChI=1S/C25H33N7O4/c1-25(2,3)36-24(34)27-13-19(33)26-12-16-6-5-11-32(14-16)23-30-20(21-22(31-23)29-15-28-21)17-7-9-18(35-4)10-8-17/h7-10,15-16H,5-6,11-14H2,1-4H3,(H,26,33)(H,27,34)(H,28,29,30,31). The van der Waals surface area contributed by atoms with E-state index >= 15 is 0 Å². The van der Waals surface area contributed by atoms with Crippen molar-refractivity contribution in [3.63, 3.8) is 0 Å². The van der Waals surface area contributed by atoms with Crippen molar-refractivity contribution in [3.05, 3.63) is 30.6 Å². The maximum Gasteiger partial charge on any atom is 0.408 e. The summed E-state index contributed by atoms with van der Waals surface area (Å²) in [5.74, 6) is 1.36. The number of carbonyl (C=O) groups excluding carboxylic acids is 2. The highest BCUT2D eigenvalue weighted by atomic mass is 16.6. The number of amides is 2. The number of imidazole rings is 1. The van der Waals surface area contributed by atoms with Gasteiger partial charge in [-0.25, -0.2) is 14.8 Å². The van der Waals surface area contributed by atoms with E-state index in [2.05, 4.69) is 30.5 Å². The van der Waals surface area contributed by atoms with Crippen molar-refractivity contribution in [3.8, 4) is 17.0 Å². The van der Waals surface area contributed by atoms with Crippen LogP contribution in [0.25, 0.3) is 22.4 Å². The van der Waals surface area contributed by atoms with Gasteiger partial charge in [0.1, 0.15) is 22.6 Å². The number of piperidine rings is 1. The van der Waals surface area contributed by atoms with Crippen molar-refractivity contribution >= 4 is 29.1 Å². The average molecular weight is 496 g/mol. The molecule has 1 aliphatic rings. The minimum atomic E-state index is -0.611. The fourth-order valence-electron chi connectivity index (χ4n) is 4.12. The molecule has 192 valence electrons. The van der Waals surface area contributed by atoms with Crippen LogP contribution in [0.15, 0.2) is 30.6 Å². The van der Waals surface area contributed by atoms with Gasteiger partial charge in [0, 0.05) is 25.2 Å². The Morgan fingerprint density at radius 1 is 1.17 bits per heavy atom.